The van der Waals surface area contributed by atoms with Crippen LogP contribution in [0.4, 0.5) is 10.1 Å². The van der Waals surface area contributed by atoms with Gasteiger partial charge in [-0.25, -0.2) is 4.39 Å². The average Bonchev–Trinajstić information content (AvgIpc) is 3.09. The van der Waals surface area contributed by atoms with Crippen molar-refractivity contribution >= 4 is 5.69 Å². The molecule has 104 valence electrons. The third kappa shape index (κ3) is 2.60. The van der Waals surface area contributed by atoms with Gasteiger partial charge in [0.1, 0.15) is 5.82 Å². The van der Waals surface area contributed by atoms with E-state index in [1.807, 2.05) is 12.1 Å². The van der Waals surface area contributed by atoms with Crippen LogP contribution in [0.25, 0.3) is 0 Å². The Bertz CT molecular complexity index is 443. The van der Waals surface area contributed by atoms with Gasteiger partial charge >= 0.3 is 0 Å². The monoisotopic (exact) mass is 263 g/mol. The summed E-state index contributed by atoms with van der Waals surface area (Å²) in [4.78, 5) is 4.74. The van der Waals surface area contributed by atoms with Crippen molar-refractivity contribution in [3.05, 3.63) is 29.6 Å². The van der Waals surface area contributed by atoms with Gasteiger partial charge in [0.25, 0.3) is 0 Å². The number of halogens is 1. The van der Waals surface area contributed by atoms with Crippen LogP contribution < -0.4 is 10.6 Å². The first-order valence-corrected chi connectivity index (χ1v) is 7.25. The van der Waals surface area contributed by atoms with Crippen molar-refractivity contribution in [2.45, 2.75) is 31.8 Å². The van der Waals surface area contributed by atoms with Crippen molar-refractivity contribution in [3.8, 4) is 0 Å². The molecule has 2 saturated heterocycles. The van der Waals surface area contributed by atoms with Crippen LogP contribution in [0.3, 0.4) is 0 Å². The average molecular weight is 263 g/mol. The van der Waals surface area contributed by atoms with E-state index in [4.69, 9.17) is 5.73 Å². The number of hydrogen-bond acceptors (Lipinski definition) is 3. The lowest BCUT2D eigenvalue weighted by Crippen LogP contribution is -2.35. The molecule has 0 aliphatic carbocycles. The molecule has 0 spiro atoms. The number of hydrogen-bond donors (Lipinski definition) is 1. The Morgan fingerprint density at radius 1 is 1.21 bits per heavy atom. The molecule has 1 atom stereocenters. The predicted octanol–water partition coefficient (Wildman–Crippen LogP) is 1.96. The molecule has 19 heavy (non-hydrogen) atoms. The first-order valence-electron chi connectivity index (χ1n) is 7.25. The number of nitrogens with two attached hydrogens (primary N) is 1. The fourth-order valence-corrected chi connectivity index (χ4v) is 3.30. The SMILES string of the molecule is NCc1ccc(N2CCC(N3CCCC3)C2)c(F)c1. The van der Waals surface area contributed by atoms with Gasteiger partial charge < -0.3 is 10.6 Å². The Balaban J connectivity index is 1.70. The van der Waals surface area contributed by atoms with Gasteiger partial charge in [-0.1, -0.05) is 6.07 Å². The molecule has 0 amide bonds. The summed E-state index contributed by atoms with van der Waals surface area (Å²) in [5, 5.41) is 0. The number of likely N-dealkylation sites (tertiary alicyclic amines) is 1. The van der Waals surface area contributed by atoms with Crippen LogP contribution >= 0.6 is 0 Å². The lowest BCUT2D eigenvalue weighted by atomic mass is 10.2. The van der Waals surface area contributed by atoms with Crippen molar-refractivity contribution in [1.82, 2.24) is 4.90 Å². The molecule has 0 saturated carbocycles. The highest BCUT2D eigenvalue weighted by Gasteiger charge is 2.30. The zero-order valence-electron chi connectivity index (χ0n) is 11.3. The minimum atomic E-state index is -0.134. The summed E-state index contributed by atoms with van der Waals surface area (Å²) in [5.74, 6) is -0.134. The lowest BCUT2D eigenvalue weighted by Gasteiger charge is -2.24. The second-order valence-corrected chi connectivity index (χ2v) is 5.62. The number of rotatable bonds is 3. The topological polar surface area (TPSA) is 32.5 Å². The first kappa shape index (κ1) is 12.9. The second kappa shape index (κ2) is 5.47. The second-order valence-electron chi connectivity index (χ2n) is 5.62. The van der Waals surface area contributed by atoms with Crippen molar-refractivity contribution in [1.29, 1.82) is 0 Å². The molecule has 2 aliphatic heterocycles. The molecule has 1 unspecified atom stereocenters. The van der Waals surface area contributed by atoms with Gasteiger partial charge in [-0.15, -0.1) is 0 Å². The van der Waals surface area contributed by atoms with E-state index in [9.17, 15) is 4.39 Å². The van der Waals surface area contributed by atoms with Crippen LogP contribution in [0.2, 0.25) is 0 Å². The fourth-order valence-electron chi connectivity index (χ4n) is 3.30. The number of nitrogens with zero attached hydrogens (tertiary/aromatic N) is 2. The van der Waals surface area contributed by atoms with Gasteiger partial charge in [0, 0.05) is 25.7 Å². The highest BCUT2D eigenvalue weighted by atomic mass is 19.1. The molecule has 3 rings (SSSR count). The molecule has 1 aromatic carbocycles. The van der Waals surface area contributed by atoms with Gasteiger partial charge in [0.15, 0.2) is 0 Å². The van der Waals surface area contributed by atoms with Gasteiger partial charge in [0.05, 0.1) is 5.69 Å². The van der Waals surface area contributed by atoms with Crippen molar-refractivity contribution in [2.75, 3.05) is 31.1 Å². The van der Waals surface area contributed by atoms with E-state index in [0.717, 1.165) is 30.8 Å². The van der Waals surface area contributed by atoms with E-state index in [1.165, 1.54) is 25.9 Å². The van der Waals surface area contributed by atoms with Gasteiger partial charge in [0.2, 0.25) is 0 Å². The minimum absolute atomic E-state index is 0.134. The molecule has 0 bridgehead atoms. The Kier molecular flexibility index (Phi) is 3.71. The summed E-state index contributed by atoms with van der Waals surface area (Å²) in [6, 6.07) is 5.99. The normalized spacial score (nSPS) is 24.3. The third-order valence-electron chi connectivity index (χ3n) is 4.41. The largest absolute Gasteiger partial charge is 0.368 e. The molecular formula is C15H22FN3. The summed E-state index contributed by atoms with van der Waals surface area (Å²) >= 11 is 0. The number of benzene rings is 1. The first-order chi connectivity index (χ1) is 9.28. The third-order valence-corrected chi connectivity index (χ3v) is 4.41. The summed E-state index contributed by atoms with van der Waals surface area (Å²) in [6.45, 7) is 4.74. The summed E-state index contributed by atoms with van der Waals surface area (Å²) < 4.78 is 14.1. The molecular weight excluding hydrogens is 241 g/mol. The van der Waals surface area contributed by atoms with Crippen LogP contribution in [-0.2, 0) is 6.54 Å². The van der Waals surface area contributed by atoms with Gasteiger partial charge in [-0.05, 0) is 50.0 Å². The molecule has 1 aromatic rings. The van der Waals surface area contributed by atoms with E-state index >= 15 is 0 Å². The Labute approximate surface area is 114 Å². The maximum atomic E-state index is 14.1. The van der Waals surface area contributed by atoms with E-state index in [1.54, 1.807) is 6.07 Å². The summed E-state index contributed by atoms with van der Waals surface area (Å²) in [6.07, 6.45) is 3.78. The molecule has 3 nitrogen and oxygen atoms in total. The van der Waals surface area contributed by atoms with E-state index in [0.29, 0.717) is 12.6 Å². The Morgan fingerprint density at radius 2 is 2.00 bits per heavy atom. The van der Waals surface area contributed by atoms with Gasteiger partial charge in [-0.3, -0.25) is 4.90 Å². The predicted molar refractivity (Wildman–Crippen MR) is 75.7 cm³/mol. The minimum Gasteiger partial charge on any atom is -0.368 e. The van der Waals surface area contributed by atoms with Crippen LogP contribution in [-0.4, -0.2) is 37.1 Å². The van der Waals surface area contributed by atoms with Crippen LogP contribution in [0.15, 0.2) is 18.2 Å². The smallest absolute Gasteiger partial charge is 0.146 e. The lowest BCUT2D eigenvalue weighted by molar-refractivity contribution is 0.260. The van der Waals surface area contributed by atoms with E-state index in [2.05, 4.69) is 9.80 Å². The molecule has 2 fully saturated rings. The highest BCUT2D eigenvalue weighted by molar-refractivity contribution is 5.50. The zero-order chi connectivity index (χ0) is 13.2. The van der Waals surface area contributed by atoms with E-state index in [-0.39, 0.29) is 5.82 Å². The van der Waals surface area contributed by atoms with Crippen LogP contribution in [0, 0.1) is 5.82 Å². The van der Waals surface area contributed by atoms with E-state index < -0.39 is 0 Å². The van der Waals surface area contributed by atoms with Crippen molar-refractivity contribution < 1.29 is 4.39 Å². The summed E-state index contributed by atoms with van der Waals surface area (Å²) in [5.41, 5.74) is 7.13. The van der Waals surface area contributed by atoms with Crippen LogP contribution in [0.1, 0.15) is 24.8 Å². The quantitative estimate of drug-likeness (QED) is 0.905. The maximum absolute atomic E-state index is 14.1. The Morgan fingerprint density at radius 3 is 2.68 bits per heavy atom. The molecule has 0 aromatic heterocycles. The molecule has 4 heteroatoms. The molecule has 0 radical (unpaired) electrons. The maximum Gasteiger partial charge on any atom is 0.146 e. The van der Waals surface area contributed by atoms with Crippen molar-refractivity contribution in [2.24, 2.45) is 5.73 Å². The summed E-state index contributed by atoms with van der Waals surface area (Å²) in [7, 11) is 0. The Hall–Kier alpha value is -1.13. The van der Waals surface area contributed by atoms with Crippen LogP contribution in [0.5, 0.6) is 0 Å². The molecule has 2 heterocycles. The van der Waals surface area contributed by atoms with Gasteiger partial charge in [-0.2, -0.15) is 0 Å². The number of anilines is 1. The van der Waals surface area contributed by atoms with Crippen molar-refractivity contribution in [3.63, 3.8) is 0 Å². The zero-order valence-corrected chi connectivity index (χ0v) is 11.3. The molecule has 2 N–H and O–H groups in total. The standard InChI is InChI=1S/C15H22FN3/c16-14-9-12(10-17)3-4-15(14)19-8-5-13(11-19)18-6-1-2-7-18/h3-4,9,13H,1-2,5-8,10-11,17H2. The molecule has 2 aliphatic rings. The highest BCUT2D eigenvalue weighted by Crippen LogP contribution is 2.27. The fraction of sp³-hybridized carbons (Fsp3) is 0.600.